The Bertz CT molecular complexity index is 687. The van der Waals surface area contributed by atoms with Gasteiger partial charge in [0.25, 0.3) is 5.91 Å². The third kappa shape index (κ3) is 3.37. The van der Waals surface area contributed by atoms with E-state index in [1.54, 1.807) is 12.3 Å². The molecule has 0 unspecified atom stereocenters. The summed E-state index contributed by atoms with van der Waals surface area (Å²) in [7, 11) is 2.12. The number of furan rings is 2. The normalized spacial score (nSPS) is 22.8. The maximum atomic E-state index is 12.4. The van der Waals surface area contributed by atoms with E-state index in [9.17, 15) is 4.79 Å². The first-order valence-electron chi connectivity index (χ1n) is 8.83. The first-order valence-corrected chi connectivity index (χ1v) is 8.83. The topological polar surface area (TPSA) is 59.1 Å². The highest BCUT2D eigenvalue weighted by molar-refractivity contribution is 5.93. The van der Waals surface area contributed by atoms with E-state index in [1.807, 2.05) is 17.0 Å². The number of carbonyl (C=O) groups excluding carboxylic acids is 1. The fourth-order valence-corrected chi connectivity index (χ4v) is 3.92. The van der Waals surface area contributed by atoms with Crippen LogP contribution in [0, 0.1) is 0 Å². The van der Waals surface area contributed by atoms with Crippen LogP contribution < -0.4 is 0 Å². The van der Waals surface area contributed by atoms with Crippen LogP contribution in [0.3, 0.4) is 0 Å². The Morgan fingerprint density at radius 1 is 1.32 bits per heavy atom. The maximum absolute atomic E-state index is 12.4. The molecule has 2 aliphatic rings. The number of ether oxygens (including phenoxy) is 1. The number of amides is 1. The zero-order chi connectivity index (χ0) is 17.3. The third-order valence-electron chi connectivity index (χ3n) is 5.53. The summed E-state index contributed by atoms with van der Waals surface area (Å²) in [6.45, 7) is 3.01. The Balaban J connectivity index is 1.32. The van der Waals surface area contributed by atoms with Crippen molar-refractivity contribution in [2.24, 2.45) is 0 Å². The van der Waals surface area contributed by atoms with E-state index >= 15 is 0 Å². The first kappa shape index (κ1) is 16.4. The Kier molecular flexibility index (Phi) is 4.39. The largest absolute Gasteiger partial charge is 0.472 e. The van der Waals surface area contributed by atoms with E-state index in [1.165, 1.54) is 12.5 Å². The summed E-state index contributed by atoms with van der Waals surface area (Å²) in [5.41, 5.74) is 0.536. The van der Waals surface area contributed by atoms with Crippen molar-refractivity contribution in [3.05, 3.63) is 48.3 Å². The summed E-state index contributed by atoms with van der Waals surface area (Å²) < 4.78 is 16.7. The summed E-state index contributed by atoms with van der Waals surface area (Å²) in [5.74, 6) is 1.03. The second kappa shape index (κ2) is 6.69. The minimum absolute atomic E-state index is 0.0492. The molecule has 0 saturated carbocycles. The quantitative estimate of drug-likeness (QED) is 0.853. The summed E-state index contributed by atoms with van der Waals surface area (Å²) in [6, 6.07) is 6.03. The highest BCUT2D eigenvalue weighted by atomic mass is 16.5. The van der Waals surface area contributed by atoms with Crippen molar-refractivity contribution in [3.8, 4) is 0 Å². The average Bonchev–Trinajstić information content (AvgIpc) is 3.37. The molecule has 2 saturated heterocycles. The van der Waals surface area contributed by atoms with Gasteiger partial charge in [-0.15, -0.1) is 0 Å². The monoisotopic (exact) mass is 344 g/mol. The van der Waals surface area contributed by atoms with Crippen LogP contribution in [0.4, 0.5) is 0 Å². The minimum Gasteiger partial charge on any atom is -0.472 e. The number of hydrogen-bond donors (Lipinski definition) is 0. The molecular formula is C19H24N2O4. The molecule has 1 amide bonds. The van der Waals surface area contributed by atoms with Gasteiger partial charge in [-0.25, -0.2) is 0 Å². The van der Waals surface area contributed by atoms with Crippen LogP contribution in [-0.4, -0.2) is 54.1 Å². The highest BCUT2D eigenvalue weighted by Crippen LogP contribution is 2.38. The van der Waals surface area contributed by atoms with Crippen molar-refractivity contribution in [2.45, 2.75) is 37.5 Å². The van der Waals surface area contributed by atoms with Crippen LogP contribution in [0.2, 0.25) is 0 Å². The second-order valence-corrected chi connectivity index (χ2v) is 7.15. The van der Waals surface area contributed by atoms with Gasteiger partial charge in [0.05, 0.1) is 36.8 Å². The summed E-state index contributed by atoms with van der Waals surface area (Å²) >= 11 is 0. The van der Waals surface area contributed by atoms with Crippen molar-refractivity contribution in [1.82, 2.24) is 9.80 Å². The zero-order valence-corrected chi connectivity index (χ0v) is 14.5. The molecule has 0 N–H and O–H groups in total. The smallest absolute Gasteiger partial charge is 0.257 e. The second-order valence-electron chi connectivity index (χ2n) is 7.15. The standard InChI is InChI=1S/C19H24N2O4/c1-20(12-17-3-2-9-24-17)16-11-19(25-14-16)5-7-21(8-6-19)18(22)15-4-10-23-13-15/h2-4,9-10,13,16H,5-8,11-12,14H2,1H3/t16-/m0/s1. The molecule has 1 spiro atoms. The Morgan fingerprint density at radius 2 is 2.16 bits per heavy atom. The SMILES string of the molecule is CN(Cc1ccco1)[C@@H]1COC2(CCN(C(=O)c3ccoc3)CC2)C1. The van der Waals surface area contributed by atoms with Crippen molar-refractivity contribution >= 4 is 5.91 Å². The Hall–Kier alpha value is -2.05. The van der Waals surface area contributed by atoms with E-state index in [4.69, 9.17) is 13.6 Å². The number of hydrogen-bond acceptors (Lipinski definition) is 5. The van der Waals surface area contributed by atoms with E-state index in [-0.39, 0.29) is 11.5 Å². The average molecular weight is 344 g/mol. The third-order valence-corrected chi connectivity index (χ3v) is 5.53. The van der Waals surface area contributed by atoms with Gasteiger partial charge in [-0.05, 0) is 44.5 Å². The molecule has 0 bridgehead atoms. The fourth-order valence-electron chi connectivity index (χ4n) is 3.92. The number of rotatable bonds is 4. The van der Waals surface area contributed by atoms with Crippen LogP contribution in [0.25, 0.3) is 0 Å². The van der Waals surface area contributed by atoms with Gasteiger partial charge < -0.3 is 18.5 Å². The molecular weight excluding hydrogens is 320 g/mol. The molecule has 1 atom stereocenters. The van der Waals surface area contributed by atoms with Gasteiger partial charge in [0.2, 0.25) is 0 Å². The molecule has 0 aromatic carbocycles. The van der Waals surface area contributed by atoms with Crippen LogP contribution in [0.5, 0.6) is 0 Å². The Labute approximate surface area is 147 Å². The van der Waals surface area contributed by atoms with E-state index in [2.05, 4.69) is 11.9 Å². The predicted molar refractivity (Wildman–Crippen MR) is 91.1 cm³/mol. The van der Waals surface area contributed by atoms with E-state index < -0.39 is 0 Å². The van der Waals surface area contributed by atoms with E-state index in [0.717, 1.165) is 51.3 Å². The molecule has 6 nitrogen and oxygen atoms in total. The van der Waals surface area contributed by atoms with Gasteiger partial charge in [-0.1, -0.05) is 0 Å². The molecule has 0 radical (unpaired) electrons. The molecule has 2 aromatic heterocycles. The maximum Gasteiger partial charge on any atom is 0.257 e. The summed E-state index contributed by atoms with van der Waals surface area (Å²) in [6.07, 6.45) is 7.56. The summed E-state index contributed by atoms with van der Waals surface area (Å²) in [4.78, 5) is 16.6. The number of likely N-dealkylation sites (tertiary alicyclic amines) is 1. The lowest BCUT2D eigenvalue weighted by Gasteiger charge is -2.38. The number of carbonyl (C=O) groups is 1. The molecule has 134 valence electrons. The summed E-state index contributed by atoms with van der Waals surface area (Å²) in [5, 5.41) is 0. The van der Waals surface area contributed by atoms with Crippen LogP contribution >= 0.6 is 0 Å². The van der Waals surface area contributed by atoms with Gasteiger partial charge in [-0.2, -0.15) is 0 Å². The van der Waals surface area contributed by atoms with Crippen LogP contribution in [0.1, 0.15) is 35.4 Å². The van der Waals surface area contributed by atoms with Crippen molar-refractivity contribution in [2.75, 3.05) is 26.7 Å². The molecule has 0 aliphatic carbocycles. The van der Waals surface area contributed by atoms with Gasteiger partial charge in [0, 0.05) is 19.1 Å². The lowest BCUT2D eigenvalue weighted by molar-refractivity contribution is -0.0393. The predicted octanol–water partition coefficient (Wildman–Crippen LogP) is 2.77. The molecule has 25 heavy (non-hydrogen) atoms. The van der Waals surface area contributed by atoms with E-state index in [0.29, 0.717) is 11.6 Å². The van der Waals surface area contributed by atoms with Crippen LogP contribution in [-0.2, 0) is 11.3 Å². The van der Waals surface area contributed by atoms with Gasteiger partial charge in [-0.3, -0.25) is 9.69 Å². The lowest BCUT2D eigenvalue weighted by Crippen LogP contribution is -2.47. The fraction of sp³-hybridized carbons (Fsp3) is 0.526. The van der Waals surface area contributed by atoms with Gasteiger partial charge >= 0.3 is 0 Å². The molecule has 6 heteroatoms. The number of piperidine rings is 1. The van der Waals surface area contributed by atoms with Gasteiger partial charge in [0.1, 0.15) is 12.0 Å². The van der Waals surface area contributed by atoms with Crippen molar-refractivity contribution in [1.29, 1.82) is 0 Å². The van der Waals surface area contributed by atoms with Crippen molar-refractivity contribution < 1.29 is 18.4 Å². The number of likely N-dealkylation sites (N-methyl/N-ethyl adjacent to an activating group) is 1. The highest BCUT2D eigenvalue weighted by Gasteiger charge is 2.44. The Morgan fingerprint density at radius 3 is 2.84 bits per heavy atom. The zero-order valence-electron chi connectivity index (χ0n) is 14.5. The molecule has 2 aliphatic heterocycles. The minimum atomic E-state index is -0.0880. The van der Waals surface area contributed by atoms with Crippen molar-refractivity contribution in [3.63, 3.8) is 0 Å². The van der Waals surface area contributed by atoms with Gasteiger partial charge in [0.15, 0.2) is 0 Å². The number of nitrogens with zero attached hydrogens (tertiary/aromatic N) is 2. The molecule has 4 rings (SSSR count). The first-order chi connectivity index (χ1) is 12.2. The van der Waals surface area contributed by atoms with Crippen LogP contribution in [0.15, 0.2) is 45.8 Å². The lowest BCUT2D eigenvalue weighted by atomic mass is 9.87. The molecule has 4 heterocycles. The molecule has 2 aromatic rings. The molecule has 2 fully saturated rings.